The molecule has 0 spiro atoms. The van der Waals surface area contributed by atoms with Crippen molar-refractivity contribution >= 4 is 49.8 Å². The zero-order valence-corrected chi connectivity index (χ0v) is 32.9. The molecule has 0 fully saturated rings. The van der Waals surface area contributed by atoms with Gasteiger partial charge in [-0.3, -0.25) is 0 Å². The van der Waals surface area contributed by atoms with Crippen LogP contribution in [0.5, 0.6) is 0 Å². The van der Waals surface area contributed by atoms with Crippen LogP contribution in [0.3, 0.4) is 0 Å². The lowest BCUT2D eigenvalue weighted by molar-refractivity contribution is 0.669. The van der Waals surface area contributed by atoms with Gasteiger partial charge in [0.1, 0.15) is 11.2 Å². The van der Waals surface area contributed by atoms with E-state index in [4.69, 9.17) is 4.42 Å². The fraction of sp³-hybridized carbons (Fsp3) is 0. The number of benzene rings is 10. The van der Waals surface area contributed by atoms with Crippen LogP contribution in [-0.4, -0.2) is 0 Å². The Kier molecular flexibility index (Phi) is 8.87. The van der Waals surface area contributed by atoms with Crippen LogP contribution in [0.25, 0.3) is 88.3 Å². The van der Waals surface area contributed by atoms with Gasteiger partial charge in [-0.25, -0.2) is 0 Å². The third kappa shape index (κ3) is 6.61. The number of fused-ring (bicyclic) bond motifs is 4. The summed E-state index contributed by atoms with van der Waals surface area (Å²) < 4.78 is 6.25. The van der Waals surface area contributed by atoms with Gasteiger partial charge < -0.3 is 9.32 Å². The molecule has 0 aliphatic rings. The first-order chi connectivity index (χ1) is 29.7. The molecular formula is C58H39NO. The maximum atomic E-state index is 6.25. The predicted octanol–water partition coefficient (Wildman–Crippen LogP) is 16.5. The molecule has 0 atom stereocenters. The second-order valence-electron chi connectivity index (χ2n) is 15.3. The van der Waals surface area contributed by atoms with Gasteiger partial charge in [0.2, 0.25) is 0 Å². The number of para-hydroxylation sites is 1. The Morgan fingerprint density at radius 2 is 0.767 bits per heavy atom. The van der Waals surface area contributed by atoms with Crippen molar-refractivity contribution in [1.82, 2.24) is 0 Å². The standard InChI is InChI=1S/C58H39NO/c1-3-13-40(14-4-1)48-36-49(41-15-5-2-6-16-41)38-50(37-48)43-27-31-51(32-28-43)59(53-20-11-19-46(39-53)47-26-25-42-17-7-8-18-45(42)35-47)52-33-29-44(30-34-52)54-22-12-24-57-58(54)55-21-9-10-23-56(55)60-57/h1-39H. The molecule has 1 aromatic heterocycles. The van der Waals surface area contributed by atoms with Gasteiger partial charge in [0.15, 0.2) is 0 Å². The fourth-order valence-corrected chi connectivity index (χ4v) is 8.64. The summed E-state index contributed by atoms with van der Waals surface area (Å²) in [5.41, 5.74) is 16.8. The molecule has 0 unspecified atom stereocenters. The minimum absolute atomic E-state index is 0.898. The summed E-state index contributed by atoms with van der Waals surface area (Å²) in [6.07, 6.45) is 0. The highest BCUT2D eigenvalue weighted by Crippen LogP contribution is 2.42. The molecule has 0 N–H and O–H groups in total. The number of furan rings is 1. The lowest BCUT2D eigenvalue weighted by Crippen LogP contribution is -2.10. The van der Waals surface area contributed by atoms with E-state index in [1.165, 1.54) is 49.7 Å². The normalized spacial score (nSPS) is 11.3. The van der Waals surface area contributed by atoms with Crippen LogP contribution in [0.4, 0.5) is 17.1 Å². The predicted molar refractivity (Wildman–Crippen MR) is 253 cm³/mol. The second kappa shape index (κ2) is 15.1. The molecule has 1 heterocycles. The third-order valence-electron chi connectivity index (χ3n) is 11.6. The van der Waals surface area contributed by atoms with Gasteiger partial charge in [0, 0.05) is 27.8 Å². The van der Waals surface area contributed by atoms with E-state index < -0.39 is 0 Å². The summed E-state index contributed by atoms with van der Waals surface area (Å²) in [7, 11) is 0. The fourth-order valence-electron chi connectivity index (χ4n) is 8.64. The van der Waals surface area contributed by atoms with Gasteiger partial charge >= 0.3 is 0 Å². The Morgan fingerprint density at radius 1 is 0.267 bits per heavy atom. The van der Waals surface area contributed by atoms with Crippen molar-refractivity contribution in [3.05, 3.63) is 237 Å². The summed E-state index contributed by atoms with van der Waals surface area (Å²) in [6, 6.07) is 85.0. The third-order valence-corrected chi connectivity index (χ3v) is 11.6. The summed E-state index contributed by atoms with van der Waals surface area (Å²) in [5.74, 6) is 0. The number of nitrogens with zero attached hydrogens (tertiary/aromatic N) is 1. The molecule has 11 aromatic rings. The lowest BCUT2D eigenvalue weighted by Gasteiger charge is -2.26. The topological polar surface area (TPSA) is 16.4 Å². The molecule has 0 amide bonds. The van der Waals surface area contributed by atoms with Crippen molar-refractivity contribution in [2.45, 2.75) is 0 Å². The van der Waals surface area contributed by atoms with E-state index in [9.17, 15) is 0 Å². The van der Waals surface area contributed by atoms with Crippen LogP contribution in [0, 0.1) is 0 Å². The van der Waals surface area contributed by atoms with Gasteiger partial charge in [-0.15, -0.1) is 0 Å². The van der Waals surface area contributed by atoms with Crippen LogP contribution in [0.2, 0.25) is 0 Å². The van der Waals surface area contributed by atoms with E-state index in [-0.39, 0.29) is 0 Å². The monoisotopic (exact) mass is 765 g/mol. The minimum atomic E-state index is 0.898. The van der Waals surface area contributed by atoms with Crippen molar-refractivity contribution in [2.75, 3.05) is 4.90 Å². The average Bonchev–Trinajstić information content (AvgIpc) is 3.72. The van der Waals surface area contributed by atoms with Crippen LogP contribution >= 0.6 is 0 Å². The highest BCUT2D eigenvalue weighted by molar-refractivity contribution is 6.12. The first-order valence-electron chi connectivity index (χ1n) is 20.5. The molecule has 0 saturated heterocycles. The summed E-state index contributed by atoms with van der Waals surface area (Å²) in [6.45, 7) is 0. The SMILES string of the molecule is c1ccc(-c2cc(-c3ccccc3)cc(-c3ccc(N(c4ccc(-c5cccc6oc7ccccc7c56)cc4)c4cccc(-c5ccc6ccccc6c5)c4)cc3)c2)cc1. The van der Waals surface area contributed by atoms with Crippen molar-refractivity contribution in [3.63, 3.8) is 0 Å². The molecule has 0 aliphatic heterocycles. The highest BCUT2D eigenvalue weighted by Gasteiger charge is 2.17. The molecule has 60 heavy (non-hydrogen) atoms. The minimum Gasteiger partial charge on any atom is -0.456 e. The molecule has 0 radical (unpaired) electrons. The van der Waals surface area contributed by atoms with E-state index in [2.05, 4.69) is 229 Å². The van der Waals surface area contributed by atoms with Gasteiger partial charge in [-0.2, -0.15) is 0 Å². The zero-order chi connectivity index (χ0) is 39.8. The van der Waals surface area contributed by atoms with Crippen LogP contribution < -0.4 is 4.90 Å². The van der Waals surface area contributed by atoms with Crippen molar-refractivity contribution in [3.8, 4) is 55.6 Å². The zero-order valence-electron chi connectivity index (χ0n) is 32.9. The van der Waals surface area contributed by atoms with Gasteiger partial charge in [0.25, 0.3) is 0 Å². The molecule has 282 valence electrons. The Labute approximate surface area is 349 Å². The first kappa shape index (κ1) is 35.2. The van der Waals surface area contributed by atoms with Crippen molar-refractivity contribution in [2.24, 2.45) is 0 Å². The van der Waals surface area contributed by atoms with Crippen LogP contribution in [0.1, 0.15) is 0 Å². The highest BCUT2D eigenvalue weighted by atomic mass is 16.3. The van der Waals surface area contributed by atoms with Crippen LogP contribution in [0.15, 0.2) is 241 Å². The maximum absolute atomic E-state index is 6.25. The number of anilines is 3. The smallest absolute Gasteiger partial charge is 0.136 e. The second-order valence-corrected chi connectivity index (χ2v) is 15.3. The Balaban J connectivity index is 1.02. The largest absolute Gasteiger partial charge is 0.456 e. The molecule has 10 aromatic carbocycles. The van der Waals surface area contributed by atoms with Gasteiger partial charge in [-0.05, 0) is 139 Å². The van der Waals surface area contributed by atoms with Gasteiger partial charge in [0.05, 0.1) is 0 Å². The van der Waals surface area contributed by atoms with Crippen molar-refractivity contribution in [1.29, 1.82) is 0 Å². The van der Waals surface area contributed by atoms with E-state index >= 15 is 0 Å². The summed E-state index contributed by atoms with van der Waals surface area (Å²) in [4.78, 5) is 2.36. The summed E-state index contributed by atoms with van der Waals surface area (Å²) in [5, 5.41) is 4.74. The van der Waals surface area contributed by atoms with Crippen molar-refractivity contribution < 1.29 is 4.42 Å². The van der Waals surface area contributed by atoms with E-state index in [0.29, 0.717) is 0 Å². The first-order valence-corrected chi connectivity index (χ1v) is 20.5. The molecular weight excluding hydrogens is 727 g/mol. The molecule has 11 rings (SSSR count). The molecule has 2 heteroatoms. The molecule has 2 nitrogen and oxygen atoms in total. The Hall–Kier alpha value is -7.94. The number of hydrogen-bond acceptors (Lipinski definition) is 2. The summed E-state index contributed by atoms with van der Waals surface area (Å²) >= 11 is 0. The van der Waals surface area contributed by atoms with E-state index in [1.807, 2.05) is 12.1 Å². The maximum Gasteiger partial charge on any atom is 0.136 e. The average molecular weight is 766 g/mol. The molecule has 0 saturated carbocycles. The quantitative estimate of drug-likeness (QED) is 0.153. The lowest BCUT2D eigenvalue weighted by atomic mass is 9.93. The number of hydrogen-bond donors (Lipinski definition) is 0. The molecule has 0 aliphatic carbocycles. The van der Waals surface area contributed by atoms with Crippen LogP contribution in [-0.2, 0) is 0 Å². The Bertz CT molecular complexity index is 3230. The molecule has 0 bridgehead atoms. The van der Waals surface area contributed by atoms with Gasteiger partial charge in [-0.1, -0.05) is 164 Å². The number of rotatable bonds is 8. The van der Waals surface area contributed by atoms with E-state index in [1.54, 1.807) is 0 Å². The Morgan fingerprint density at radius 3 is 1.45 bits per heavy atom. The van der Waals surface area contributed by atoms with E-state index in [0.717, 1.165) is 55.7 Å².